The number of anilines is 2. The molecular formula is C20H16N2. The predicted molar refractivity (Wildman–Crippen MR) is 95.7 cm³/mol. The van der Waals surface area contributed by atoms with Gasteiger partial charge in [0.25, 0.3) is 0 Å². The van der Waals surface area contributed by atoms with Crippen molar-refractivity contribution in [2.45, 2.75) is 0 Å². The van der Waals surface area contributed by atoms with Crippen LogP contribution < -0.4 is 11.5 Å². The quantitative estimate of drug-likeness (QED) is 0.389. The largest absolute Gasteiger partial charge is 0.397 e. The van der Waals surface area contributed by atoms with Crippen LogP contribution in [-0.2, 0) is 0 Å². The highest BCUT2D eigenvalue weighted by Crippen LogP contribution is 2.36. The van der Waals surface area contributed by atoms with E-state index in [1.807, 2.05) is 18.2 Å². The highest BCUT2D eigenvalue weighted by Gasteiger charge is 2.09. The molecule has 0 aromatic heterocycles. The maximum atomic E-state index is 6.19. The van der Waals surface area contributed by atoms with Crippen molar-refractivity contribution in [3.8, 4) is 11.1 Å². The van der Waals surface area contributed by atoms with Gasteiger partial charge in [-0.1, -0.05) is 54.6 Å². The molecule has 4 rings (SSSR count). The second-order valence-corrected chi connectivity index (χ2v) is 5.53. The van der Waals surface area contributed by atoms with Crippen molar-refractivity contribution in [3.05, 3.63) is 72.8 Å². The molecule has 2 nitrogen and oxygen atoms in total. The summed E-state index contributed by atoms with van der Waals surface area (Å²) in [4.78, 5) is 0. The zero-order chi connectivity index (χ0) is 15.1. The number of nitrogen functional groups attached to an aromatic ring is 2. The molecule has 0 aliphatic carbocycles. The molecule has 0 unspecified atom stereocenters. The van der Waals surface area contributed by atoms with Gasteiger partial charge in [-0.25, -0.2) is 0 Å². The highest BCUT2D eigenvalue weighted by molar-refractivity contribution is 6.06. The molecule has 0 spiro atoms. The standard InChI is InChI=1S/C20H16N2/c21-19-10-4-9-17(20(19)22)16-8-3-7-15-11-13-5-1-2-6-14(13)12-18(15)16/h1-12H,21-22H2. The van der Waals surface area contributed by atoms with E-state index in [1.54, 1.807) is 0 Å². The van der Waals surface area contributed by atoms with E-state index in [1.165, 1.54) is 21.5 Å². The van der Waals surface area contributed by atoms with Gasteiger partial charge in [-0.3, -0.25) is 0 Å². The second-order valence-electron chi connectivity index (χ2n) is 5.53. The average molecular weight is 284 g/mol. The molecule has 4 N–H and O–H groups in total. The van der Waals surface area contributed by atoms with E-state index in [-0.39, 0.29) is 0 Å². The summed E-state index contributed by atoms with van der Waals surface area (Å²) in [6, 6.07) is 24.9. The lowest BCUT2D eigenvalue weighted by molar-refractivity contribution is 1.63. The minimum Gasteiger partial charge on any atom is -0.397 e. The highest BCUT2D eigenvalue weighted by atomic mass is 14.7. The van der Waals surface area contributed by atoms with Crippen LogP contribution in [0.5, 0.6) is 0 Å². The molecular weight excluding hydrogens is 268 g/mol. The van der Waals surface area contributed by atoms with E-state index in [4.69, 9.17) is 11.5 Å². The molecule has 106 valence electrons. The molecule has 4 aromatic rings. The Labute approximate surface area is 129 Å². The van der Waals surface area contributed by atoms with Crippen molar-refractivity contribution in [2.75, 3.05) is 11.5 Å². The molecule has 0 saturated heterocycles. The minimum absolute atomic E-state index is 0.621. The Morgan fingerprint density at radius 3 is 2.00 bits per heavy atom. The number of hydrogen-bond acceptors (Lipinski definition) is 2. The molecule has 22 heavy (non-hydrogen) atoms. The zero-order valence-electron chi connectivity index (χ0n) is 12.1. The van der Waals surface area contributed by atoms with Crippen LogP contribution in [0.4, 0.5) is 11.4 Å². The van der Waals surface area contributed by atoms with E-state index in [2.05, 4.69) is 54.6 Å². The lowest BCUT2D eigenvalue weighted by Crippen LogP contribution is -1.97. The lowest BCUT2D eigenvalue weighted by atomic mass is 9.94. The fraction of sp³-hybridized carbons (Fsp3) is 0. The average Bonchev–Trinajstić information content (AvgIpc) is 2.55. The first kappa shape index (κ1) is 12.7. The van der Waals surface area contributed by atoms with Crippen LogP contribution in [0, 0.1) is 0 Å². The number of rotatable bonds is 1. The summed E-state index contributed by atoms with van der Waals surface area (Å²) in [6.45, 7) is 0. The molecule has 2 heteroatoms. The number of para-hydroxylation sites is 1. The first-order valence-corrected chi connectivity index (χ1v) is 7.30. The second kappa shape index (κ2) is 4.78. The van der Waals surface area contributed by atoms with Crippen LogP contribution in [0.15, 0.2) is 72.8 Å². The van der Waals surface area contributed by atoms with Gasteiger partial charge in [0.2, 0.25) is 0 Å². The normalized spacial score (nSPS) is 11.1. The van der Waals surface area contributed by atoms with E-state index in [0.29, 0.717) is 11.4 Å². The van der Waals surface area contributed by atoms with Gasteiger partial charge in [-0.15, -0.1) is 0 Å². The van der Waals surface area contributed by atoms with Gasteiger partial charge < -0.3 is 11.5 Å². The molecule has 4 aromatic carbocycles. The monoisotopic (exact) mass is 284 g/mol. The first-order valence-electron chi connectivity index (χ1n) is 7.30. The Balaban J connectivity index is 2.09. The van der Waals surface area contributed by atoms with Crippen LogP contribution in [0.2, 0.25) is 0 Å². The van der Waals surface area contributed by atoms with Crippen LogP contribution in [0.25, 0.3) is 32.7 Å². The van der Waals surface area contributed by atoms with Crippen molar-refractivity contribution in [2.24, 2.45) is 0 Å². The van der Waals surface area contributed by atoms with E-state index in [0.717, 1.165) is 11.1 Å². The summed E-state index contributed by atoms with van der Waals surface area (Å²) >= 11 is 0. The number of benzene rings is 4. The molecule has 0 radical (unpaired) electrons. The summed E-state index contributed by atoms with van der Waals surface area (Å²) in [7, 11) is 0. The predicted octanol–water partition coefficient (Wildman–Crippen LogP) is 4.82. The SMILES string of the molecule is Nc1cccc(-c2cccc3cc4ccccc4cc23)c1N. The maximum absolute atomic E-state index is 6.19. The Morgan fingerprint density at radius 1 is 0.545 bits per heavy atom. The summed E-state index contributed by atoms with van der Waals surface area (Å²) in [6.07, 6.45) is 0. The lowest BCUT2D eigenvalue weighted by Gasteiger charge is -2.12. The van der Waals surface area contributed by atoms with Gasteiger partial charge in [0.1, 0.15) is 0 Å². The van der Waals surface area contributed by atoms with Crippen LogP contribution in [0.3, 0.4) is 0 Å². The van der Waals surface area contributed by atoms with Gasteiger partial charge in [-0.05, 0) is 45.3 Å². The van der Waals surface area contributed by atoms with Gasteiger partial charge in [0.15, 0.2) is 0 Å². The topological polar surface area (TPSA) is 52.0 Å². The zero-order valence-corrected chi connectivity index (χ0v) is 12.1. The summed E-state index contributed by atoms with van der Waals surface area (Å²) < 4.78 is 0. The molecule has 0 aliphatic heterocycles. The fourth-order valence-corrected chi connectivity index (χ4v) is 3.02. The summed E-state index contributed by atoms with van der Waals surface area (Å²) in [5.74, 6) is 0. The minimum atomic E-state index is 0.621. The maximum Gasteiger partial charge on any atom is 0.0627 e. The van der Waals surface area contributed by atoms with Crippen molar-refractivity contribution >= 4 is 32.9 Å². The molecule has 0 heterocycles. The number of nitrogens with two attached hydrogens (primary N) is 2. The molecule has 0 fully saturated rings. The smallest absolute Gasteiger partial charge is 0.0627 e. The van der Waals surface area contributed by atoms with Crippen molar-refractivity contribution in [1.29, 1.82) is 0 Å². The van der Waals surface area contributed by atoms with E-state index < -0.39 is 0 Å². The third-order valence-corrected chi connectivity index (χ3v) is 4.18. The third kappa shape index (κ3) is 1.89. The van der Waals surface area contributed by atoms with E-state index >= 15 is 0 Å². The van der Waals surface area contributed by atoms with E-state index in [9.17, 15) is 0 Å². The molecule has 0 amide bonds. The van der Waals surface area contributed by atoms with Crippen molar-refractivity contribution in [1.82, 2.24) is 0 Å². The van der Waals surface area contributed by atoms with Gasteiger partial charge in [-0.2, -0.15) is 0 Å². The molecule has 0 aliphatic rings. The van der Waals surface area contributed by atoms with Gasteiger partial charge in [0.05, 0.1) is 11.4 Å². The van der Waals surface area contributed by atoms with Crippen molar-refractivity contribution < 1.29 is 0 Å². The summed E-state index contributed by atoms with van der Waals surface area (Å²) in [5.41, 5.74) is 15.5. The number of hydrogen-bond donors (Lipinski definition) is 2. The Bertz CT molecular complexity index is 1000. The Kier molecular flexibility index (Phi) is 2.76. The Morgan fingerprint density at radius 2 is 1.18 bits per heavy atom. The Hall–Kier alpha value is -3.00. The summed E-state index contributed by atoms with van der Waals surface area (Å²) in [5, 5.41) is 4.87. The number of fused-ring (bicyclic) bond motifs is 2. The van der Waals surface area contributed by atoms with Crippen LogP contribution in [-0.4, -0.2) is 0 Å². The molecule has 0 bridgehead atoms. The molecule has 0 saturated carbocycles. The van der Waals surface area contributed by atoms with Crippen molar-refractivity contribution in [3.63, 3.8) is 0 Å². The van der Waals surface area contributed by atoms with Gasteiger partial charge in [0, 0.05) is 5.56 Å². The third-order valence-electron chi connectivity index (χ3n) is 4.18. The molecule has 0 atom stereocenters. The first-order chi connectivity index (χ1) is 10.7. The van der Waals surface area contributed by atoms with Crippen LogP contribution >= 0.6 is 0 Å². The fourth-order valence-electron chi connectivity index (χ4n) is 3.02. The van der Waals surface area contributed by atoms with Gasteiger partial charge >= 0.3 is 0 Å². The van der Waals surface area contributed by atoms with Crippen LogP contribution in [0.1, 0.15) is 0 Å².